The average Bonchev–Trinajstić information content (AvgIpc) is 2.37. The number of rotatable bonds is 6. The minimum atomic E-state index is -4.51. The second kappa shape index (κ2) is 6.78. The Morgan fingerprint density at radius 3 is 2.38 bits per heavy atom. The molecule has 0 amide bonds. The van der Waals surface area contributed by atoms with E-state index in [1.807, 2.05) is 0 Å². The van der Waals surface area contributed by atoms with Crippen molar-refractivity contribution in [3.63, 3.8) is 0 Å². The zero-order chi connectivity index (χ0) is 16.3. The summed E-state index contributed by atoms with van der Waals surface area (Å²) in [6.45, 7) is 1.51. The standard InChI is InChI=1S/C12H16F3NO3S2/c1-2-21(18,19)7-3-6-20(17)11-5-4-9(8-10(11)16)12(13,14)15/h4-5,8H,2-3,6-7,16H2,1H3. The van der Waals surface area contributed by atoms with Crippen molar-refractivity contribution in [1.82, 2.24) is 0 Å². The summed E-state index contributed by atoms with van der Waals surface area (Å²) in [5.74, 6) is -0.0629. The number of benzene rings is 1. The van der Waals surface area contributed by atoms with Crippen LogP contribution in [0, 0.1) is 0 Å². The molecule has 1 aromatic rings. The van der Waals surface area contributed by atoms with Crippen molar-refractivity contribution in [3.8, 4) is 0 Å². The van der Waals surface area contributed by atoms with Gasteiger partial charge >= 0.3 is 6.18 Å². The summed E-state index contributed by atoms with van der Waals surface area (Å²) < 4.78 is 72.0. The van der Waals surface area contributed by atoms with Gasteiger partial charge in [-0.15, -0.1) is 0 Å². The largest absolute Gasteiger partial charge is 0.416 e. The lowest BCUT2D eigenvalue weighted by Gasteiger charge is -2.10. The first kappa shape index (κ1) is 18.0. The third kappa shape index (κ3) is 5.31. The van der Waals surface area contributed by atoms with Crippen LogP contribution < -0.4 is 5.73 Å². The number of nitrogens with two attached hydrogens (primary N) is 1. The molecule has 0 saturated heterocycles. The first-order valence-corrected chi connectivity index (χ1v) is 9.26. The van der Waals surface area contributed by atoms with Crippen molar-refractivity contribution in [2.24, 2.45) is 0 Å². The fourth-order valence-electron chi connectivity index (χ4n) is 1.60. The van der Waals surface area contributed by atoms with Crippen molar-refractivity contribution in [2.45, 2.75) is 24.4 Å². The summed E-state index contributed by atoms with van der Waals surface area (Å²) in [5, 5.41) is 0. The van der Waals surface area contributed by atoms with Gasteiger partial charge in [-0.05, 0) is 24.6 Å². The van der Waals surface area contributed by atoms with E-state index in [-0.39, 0.29) is 34.3 Å². The van der Waals surface area contributed by atoms with Gasteiger partial charge in [0, 0.05) is 17.2 Å². The summed E-state index contributed by atoms with van der Waals surface area (Å²) in [7, 11) is -4.77. The van der Waals surface area contributed by atoms with Crippen LogP contribution in [0.25, 0.3) is 0 Å². The monoisotopic (exact) mass is 343 g/mol. The summed E-state index contributed by atoms with van der Waals surface area (Å²) >= 11 is 0. The van der Waals surface area contributed by atoms with E-state index in [1.165, 1.54) is 6.92 Å². The minimum absolute atomic E-state index is 0.00204. The van der Waals surface area contributed by atoms with Gasteiger partial charge in [-0.3, -0.25) is 4.21 Å². The van der Waals surface area contributed by atoms with Crippen molar-refractivity contribution >= 4 is 26.3 Å². The predicted molar refractivity (Wildman–Crippen MR) is 76.1 cm³/mol. The quantitative estimate of drug-likeness (QED) is 0.804. The molecule has 2 N–H and O–H groups in total. The molecule has 0 aromatic heterocycles. The Kier molecular flexibility index (Phi) is 5.80. The van der Waals surface area contributed by atoms with E-state index in [2.05, 4.69) is 0 Å². The molecule has 1 aromatic carbocycles. The zero-order valence-electron chi connectivity index (χ0n) is 11.3. The van der Waals surface area contributed by atoms with Crippen LogP contribution in [0.5, 0.6) is 0 Å². The lowest BCUT2D eigenvalue weighted by Crippen LogP contribution is -2.12. The Bertz CT molecular complexity index is 627. The molecule has 21 heavy (non-hydrogen) atoms. The first-order chi connectivity index (χ1) is 9.57. The molecule has 0 saturated carbocycles. The van der Waals surface area contributed by atoms with Crippen LogP contribution >= 0.6 is 0 Å². The highest BCUT2D eigenvalue weighted by molar-refractivity contribution is 7.91. The molecule has 0 aliphatic heterocycles. The molecule has 0 aliphatic carbocycles. The number of alkyl halides is 3. The van der Waals surface area contributed by atoms with Gasteiger partial charge in [-0.1, -0.05) is 6.92 Å². The highest BCUT2D eigenvalue weighted by Gasteiger charge is 2.31. The van der Waals surface area contributed by atoms with E-state index in [9.17, 15) is 25.8 Å². The SMILES string of the molecule is CCS(=O)(=O)CCCS(=O)c1ccc(C(F)(F)F)cc1N. The van der Waals surface area contributed by atoms with Crippen molar-refractivity contribution in [1.29, 1.82) is 0 Å². The second-order valence-corrected chi connectivity index (χ2v) is 8.40. The number of halogens is 3. The maximum Gasteiger partial charge on any atom is 0.416 e. The summed E-state index contributed by atoms with van der Waals surface area (Å²) in [6.07, 6.45) is -4.34. The van der Waals surface area contributed by atoms with Gasteiger partial charge in [0.15, 0.2) is 0 Å². The number of hydrogen-bond donors (Lipinski definition) is 1. The van der Waals surface area contributed by atoms with Gasteiger partial charge < -0.3 is 5.73 Å². The Balaban J connectivity index is 2.76. The molecular formula is C12H16F3NO3S2. The van der Waals surface area contributed by atoms with Crippen LogP contribution in [0.1, 0.15) is 18.9 Å². The Morgan fingerprint density at radius 1 is 1.29 bits per heavy atom. The highest BCUT2D eigenvalue weighted by Crippen LogP contribution is 2.32. The highest BCUT2D eigenvalue weighted by atomic mass is 32.2. The molecule has 9 heteroatoms. The van der Waals surface area contributed by atoms with Crippen LogP contribution in [0.15, 0.2) is 23.1 Å². The molecular weight excluding hydrogens is 327 g/mol. The van der Waals surface area contributed by atoms with Gasteiger partial charge in [0.1, 0.15) is 9.84 Å². The van der Waals surface area contributed by atoms with E-state index in [1.54, 1.807) is 0 Å². The molecule has 0 aliphatic rings. The molecule has 120 valence electrons. The Hall–Kier alpha value is -1.09. The molecule has 1 unspecified atom stereocenters. The van der Waals surface area contributed by atoms with Crippen LogP contribution in [0.2, 0.25) is 0 Å². The smallest absolute Gasteiger partial charge is 0.398 e. The maximum absolute atomic E-state index is 12.5. The number of sulfone groups is 1. The summed E-state index contributed by atoms with van der Waals surface area (Å²) in [5.41, 5.74) is 4.38. The molecule has 0 heterocycles. The van der Waals surface area contributed by atoms with E-state index in [0.29, 0.717) is 0 Å². The topological polar surface area (TPSA) is 77.2 Å². The fourth-order valence-corrected chi connectivity index (χ4v) is 3.82. The van der Waals surface area contributed by atoms with Gasteiger partial charge in [0.2, 0.25) is 0 Å². The molecule has 1 rings (SSSR count). The minimum Gasteiger partial charge on any atom is -0.398 e. The lowest BCUT2D eigenvalue weighted by atomic mass is 10.2. The maximum atomic E-state index is 12.5. The normalized spacial score (nSPS) is 14.1. The lowest BCUT2D eigenvalue weighted by molar-refractivity contribution is -0.137. The van der Waals surface area contributed by atoms with E-state index >= 15 is 0 Å². The number of anilines is 1. The summed E-state index contributed by atoms with van der Waals surface area (Å²) in [4.78, 5) is 0.0943. The molecule has 0 fully saturated rings. The second-order valence-electron chi connectivity index (χ2n) is 4.39. The predicted octanol–water partition coefficient (Wildman–Crippen LogP) is 2.22. The fraction of sp³-hybridized carbons (Fsp3) is 0.500. The van der Waals surface area contributed by atoms with Crippen molar-refractivity contribution < 1.29 is 25.8 Å². The van der Waals surface area contributed by atoms with E-state index in [0.717, 1.165) is 18.2 Å². The van der Waals surface area contributed by atoms with Crippen LogP contribution in [0.3, 0.4) is 0 Å². The van der Waals surface area contributed by atoms with Gasteiger partial charge in [0.25, 0.3) is 0 Å². The number of nitrogen functional groups attached to an aromatic ring is 1. The average molecular weight is 343 g/mol. The van der Waals surface area contributed by atoms with Crippen LogP contribution in [-0.2, 0) is 26.8 Å². The third-order valence-electron chi connectivity index (χ3n) is 2.81. The summed E-state index contributed by atoms with van der Waals surface area (Å²) in [6, 6.07) is 2.62. The molecule has 0 spiro atoms. The molecule has 4 nitrogen and oxygen atoms in total. The van der Waals surface area contributed by atoms with Crippen molar-refractivity contribution in [3.05, 3.63) is 23.8 Å². The Labute approximate surface area is 123 Å². The third-order valence-corrected chi connectivity index (χ3v) is 6.12. The van der Waals surface area contributed by atoms with Crippen LogP contribution in [0.4, 0.5) is 18.9 Å². The molecule has 0 bridgehead atoms. The van der Waals surface area contributed by atoms with Gasteiger partial charge in [-0.2, -0.15) is 13.2 Å². The first-order valence-electron chi connectivity index (χ1n) is 6.12. The van der Waals surface area contributed by atoms with Crippen LogP contribution in [-0.4, -0.2) is 29.9 Å². The molecule has 1 atom stereocenters. The molecule has 0 radical (unpaired) electrons. The van der Waals surface area contributed by atoms with Gasteiger partial charge in [0.05, 0.1) is 27.0 Å². The van der Waals surface area contributed by atoms with E-state index < -0.39 is 32.4 Å². The Morgan fingerprint density at radius 2 is 1.90 bits per heavy atom. The zero-order valence-corrected chi connectivity index (χ0v) is 12.9. The number of hydrogen-bond acceptors (Lipinski definition) is 4. The van der Waals surface area contributed by atoms with E-state index in [4.69, 9.17) is 5.73 Å². The van der Waals surface area contributed by atoms with Crippen molar-refractivity contribution in [2.75, 3.05) is 23.0 Å². The van der Waals surface area contributed by atoms with Gasteiger partial charge in [-0.25, -0.2) is 8.42 Å².